The van der Waals surface area contributed by atoms with Crippen LogP contribution in [0.4, 0.5) is 5.82 Å². The molecule has 2 aromatic rings. The van der Waals surface area contributed by atoms with E-state index < -0.39 is 5.91 Å². The van der Waals surface area contributed by atoms with E-state index in [1.54, 1.807) is 18.3 Å². The van der Waals surface area contributed by atoms with E-state index in [2.05, 4.69) is 26.9 Å². The third-order valence-electron chi connectivity index (χ3n) is 4.37. The topological polar surface area (TPSA) is 71.7 Å². The van der Waals surface area contributed by atoms with Gasteiger partial charge in [0.2, 0.25) is 5.91 Å². The van der Waals surface area contributed by atoms with Crippen LogP contribution in [-0.4, -0.2) is 48.6 Å². The Kier molecular flexibility index (Phi) is 5.50. The predicted molar refractivity (Wildman–Crippen MR) is 97.9 cm³/mol. The number of nitrogens with two attached hydrogens (primary N) is 1. The van der Waals surface area contributed by atoms with Crippen molar-refractivity contribution < 1.29 is 9.53 Å². The fourth-order valence-electron chi connectivity index (χ4n) is 3.00. The number of nitrogens with zero attached hydrogens (tertiary/aromatic N) is 3. The number of carbonyl (C=O) groups is 1. The lowest BCUT2D eigenvalue weighted by molar-refractivity contribution is 0.1000. The molecule has 1 aliphatic heterocycles. The molecule has 0 unspecified atom stereocenters. The van der Waals surface area contributed by atoms with Gasteiger partial charge in [0.05, 0.1) is 6.61 Å². The van der Waals surface area contributed by atoms with E-state index in [-0.39, 0.29) is 0 Å². The van der Waals surface area contributed by atoms with Gasteiger partial charge in [0.25, 0.3) is 0 Å². The van der Waals surface area contributed by atoms with Crippen molar-refractivity contribution in [2.75, 3.05) is 37.7 Å². The molecule has 1 aliphatic rings. The van der Waals surface area contributed by atoms with Gasteiger partial charge in [-0.05, 0) is 36.8 Å². The summed E-state index contributed by atoms with van der Waals surface area (Å²) in [5.74, 6) is 1.31. The highest BCUT2D eigenvalue weighted by atomic mass is 16.5. The number of aromatic nitrogens is 1. The SMILES string of the molecule is CCOc1ccc(CN2CCN(c3cc(C(N)=O)ccn3)CC2)cc1. The minimum atomic E-state index is -0.419. The molecule has 1 aromatic heterocycles. The van der Waals surface area contributed by atoms with Gasteiger partial charge in [-0.15, -0.1) is 0 Å². The number of pyridine rings is 1. The molecule has 6 nitrogen and oxygen atoms in total. The van der Waals surface area contributed by atoms with E-state index in [1.165, 1.54) is 5.56 Å². The Morgan fingerprint density at radius 2 is 1.88 bits per heavy atom. The lowest BCUT2D eigenvalue weighted by Crippen LogP contribution is -2.46. The molecule has 1 aromatic carbocycles. The van der Waals surface area contributed by atoms with Gasteiger partial charge in [0, 0.05) is 44.5 Å². The Labute approximate surface area is 148 Å². The lowest BCUT2D eigenvalue weighted by Gasteiger charge is -2.35. The molecule has 0 spiro atoms. The summed E-state index contributed by atoms with van der Waals surface area (Å²) in [6, 6.07) is 11.7. The van der Waals surface area contributed by atoms with Crippen LogP contribution in [0.1, 0.15) is 22.8 Å². The summed E-state index contributed by atoms with van der Waals surface area (Å²) in [5, 5.41) is 0. The van der Waals surface area contributed by atoms with Gasteiger partial charge in [0.15, 0.2) is 0 Å². The Morgan fingerprint density at radius 1 is 1.16 bits per heavy atom. The fraction of sp³-hybridized carbons (Fsp3) is 0.368. The van der Waals surface area contributed by atoms with Gasteiger partial charge < -0.3 is 15.4 Å². The van der Waals surface area contributed by atoms with Crippen LogP contribution in [0.25, 0.3) is 0 Å². The van der Waals surface area contributed by atoms with Crippen molar-refractivity contribution in [2.24, 2.45) is 5.73 Å². The maximum atomic E-state index is 11.3. The fourth-order valence-corrected chi connectivity index (χ4v) is 3.00. The normalized spacial score (nSPS) is 15.2. The summed E-state index contributed by atoms with van der Waals surface area (Å²) in [6.45, 7) is 7.27. The van der Waals surface area contributed by atoms with Crippen molar-refractivity contribution >= 4 is 11.7 Å². The number of ether oxygens (including phenoxy) is 1. The van der Waals surface area contributed by atoms with E-state index in [9.17, 15) is 4.79 Å². The second-order valence-electron chi connectivity index (χ2n) is 6.11. The minimum Gasteiger partial charge on any atom is -0.494 e. The van der Waals surface area contributed by atoms with Gasteiger partial charge >= 0.3 is 0 Å². The van der Waals surface area contributed by atoms with Crippen LogP contribution in [0, 0.1) is 0 Å². The van der Waals surface area contributed by atoms with Crippen molar-refractivity contribution in [1.29, 1.82) is 0 Å². The van der Waals surface area contributed by atoms with Crippen LogP contribution in [0.5, 0.6) is 5.75 Å². The van der Waals surface area contributed by atoms with E-state index in [4.69, 9.17) is 10.5 Å². The first-order chi connectivity index (χ1) is 12.2. The Morgan fingerprint density at radius 3 is 2.52 bits per heavy atom. The predicted octanol–water partition coefficient (Wildman–Crippen LogP) is 1.90. The molecule has 1 saturated heterocycles. The quantitative estimate of drug-likeness (QED) is 0.870. The molecule has 0 atom stereocenters. The summed E-state index contributed by atoms with van der Waals surface area (Å²) >= 11 is 0. The van der Waals surface area contributed by atoms with Crippen LogP contribution in [-0.2, 0) is 6.54 Å². The zero-order chi connectivity index (χ0) is 17.6. The molecule has 1 amide bonds. The second kappa shape index (κ2) is 7.98. The van der Waals surface area contributed by atoms with Gasteiger partial charge in [-0.3, -0.25) is 9.69 Å². The average Bonchev–Trinajstić information content (AvgIpc) is 2.64. The second-order valence-corrected chi connectivity index (χ2v) is 6.11. The number of hydrogen-bond donors (Lipinski definition) is 1. The largest absolute Gasteiger partial charge is 0.494 e. The van der Waals surface area contributed by atoms with Gasteiger partial charge in [-0.2, -0.15) is 0 Å². The van der Waals surface area contributed by atoms with Crippen molar-refractivity contribution in [3.8, 4) is 5.75 Å². The molecule has 0 aliphatic carbocycles. The standard InChI is InChI=1S/C19H24N4O2/c1-2-25-17-5-3-15(4-6-17)14-22-9-11-23(12-10-22)18-13-16(19(20)24)7-8-21-18/h3-8,13H,2,9-12,14H2,1H3,(H2,20,24). The van der Waals surface area contributed by atoms with Crippen LogP contribution in [0.2, 0.25) is 0 Å². The molecule has 0 bridgehead atoms. The van der Waals surface area contributed by atoms with Gasteiger partial charge in [-0.1, -0.05) is 12.1 Å². The lowest BCUT2D eigenvalue weighted by atomic mass is 10.2. The number of carbonyl (C=O) groups excluding carboxylic acids is 1. The van der Waals surface area contributed by atoms with E-state index in [1.807, 2.05) is 19.1 Å². The molecule has 3 rings (SSSR count). The first-order valence-electron chi connectivity index (χ1n) is 8.60. The van der Waals surface area contributed by atoms with Crippen molar-refractivity contribution in [1.82, 2.24) is 9.88 Å². The Bertz CT molecular complexity index is 710. The molecular weight excluding hydrogens is 316 g/mol. The molecule has 0 radical (unpaired) electrons. The summed E-state index contributed by atoms with van der Waals surface area (Å²) in [7, 11) is 0. The molecule has 2 N–H and O–H groups in total. The summed E-state index contributed by atoms with van der Waals surface area (Å²) in [4.78, 5) is 20.3. The van der Waals surface area contributed by atoms with Crippen LogP contribution < -0.4 is 15.4 Å². The molecule has 25 heavy (non-hydrogen) atoms. The van der Waals surface area contributed by atoms with Crippen molar-refractivity contribution in [3.63, 3.8) is 0 Å². The average molecular weight is 340 g/mol. The number of benzene rings is 1. The maximum Gasteiger partial charge on any atom is 0.248 e. The first kappa shape index (κ1) is 17.2. The third kappa shape index (κ3) is 4.48. The van der Waals surface area contributed by atoms with E-state index in [0.717, 1.165) is 44.3 Å². The zero-order valence-electron chi connectivity index (χ0n) is 14.5. The summed E-state index contributed by atoms with van der Waals surface area (Å²) in [6.07, 6.45) is 1.64. The van der Waals surface area contributed by atoms with Crippen LogP contribution in [0.15, 0.2) is 42.6 Å². The Hall–Kier alpha value is -2.60. The van der Waals surface area contributed by atoms with E-state index >= 15 is 0 Å². The number of amides is 1. The molecule has 132 valence electrons. The van der Waals surface area contributed by atoms with Gasteiger partial charge in [0.1, 0.15) is 11.6 Å². The summed E-state index contributed by atoms with van der Waals surface area (Å²) < 4.78 is 5.48. The Balaban J connectivity index is 1.55. The maximum absolute atomic E-state index is 11.3. The van der Waals surface area contributed by atoms with Crippen LogP contribution in [0.3, 0.4) is 0 Å². The molecular formula is C19H24N4O2. The minimum absolute atomic E-state index is 0.419. The number of rotatable bonds is 6. The van der Waals surface area contributed by atoms with E-state index in [0.29, 0.717) is 12.2 Å². The van der Waals surface area contributed by atoms with Crippen molar-refractivity contribution in [2.45, 2.75) is 13.5 Å². The number of piperazine rings is 1. The number of primary amides is 1. The number of anilines is 1. The van der Waals surface area contributed by atoms with Crippen LogP contribution >= 0.6 is 0 Å². The first-order valence-corrected chi connectivity index (χ1v) is 8.60. The monoisotopic (exact) mass is 340 g/mol. The highest BCUT2D eigenvalue weighted by Gasteiger charge is 2.18. The van der Waals surface area contributed by atoms with Crippen molar-refractivity contribution in [3.05, 3.63) is 53.7 Å². The highest BCUT2D eigenvalue weighted by Crippen LogP contribution is 2.17. The molecule has 2 heterocycles. The number of hydrogen-bond acceptors (Lipinski definition) is 5. The molecule has 1 fully saturated rings. The smallest absolute Gasteiger partial charge is 0.248 e. The molecule has 0 saturated carbocycles. The third-order valence-corrected chi connectivity index (χ3v) is 4.37. The highest BCUT2D eigenvalue weighted by molar-refractivity contribution is 5.93. The summed E-state index contributed by atoms with van der Waals surface area (Å²) in [5.41, 5.74) is 7.13. The zero-order valence-corrected chi connectivity index (χ0v) is 14.5. The van der Waals surface area contributed by atoms with Gasteiger partial charge in [-0.25, -0.2) is 4.98 Å². The molecule has 6 heteroatoms.